The molecule has 1 saturated heterocycles. The second-order valence-corrected chi connectivity index (χ2v) is 8.02. The van der Waals surface area contributed by atoms with Crippen molar-refractivity contribution in [2.45, 2.75) is 43.4 Å². The van der Waals surface area contributed by atoms with Gasteiger partial charge in [0.05, 0.1) is 15.4 Å². The summed E-state index contributed by atoms with van der Waals surface area (Å²) in [6, 6.07) is 0.547. The van der Waals surface area contributed by atoms with Crippen molar-refractivity contribution in [1.82, 2.24) is 9.80 Å². The number of nitro groups is 1. The lowest BCUT2D eigenvalue weighted by Crippen LogP contribution is -2.51. The van der Waals surface area contributed by atoms with Crippen LogP contribution in [0.1, 0.15) is 37.4 Å². The SMILES string of the molecule is CCC(C)N1CCN(C2=NC(C=O)c3cc(C(F)(F)F)cc([N+](=O)[O-])c3S2)CC1. The molecule has 29 heavy (non-hydrogen) atoms. The Labute approximate surface area is 170 Å². The first-order valence-electron chi connectivity index (χ1n) is 9.25. The second kappa shape index (κ2) is 8.31. The zero-order valence-electron chi connectivity index (χ0n) is 16.0. The van der Waals surface area contributed by atoms with E-state index in [-0.39, 0.29) is 10.5 Å². The Bertz CT molecular complexity index is 838. The van der Waals surface area contributed by atoms with Gasteiger partial charge in [0.1, 0.15) is 12.3 Å². The zero-order chi connectivity index (χ0) is 21.3. The van der Waals surface area contributed by atoms with Crippen molar-refractivity contribution in [2.24, 2.45) is 4.99 Å². The van der Waals surface area contributed by atoms with Gasteiger partial charge in [-0.25, -0.2) is 4.99 Å². The van der Waals surface area contributed by atoms with Crippen LogP contribution in [-0.4, -0.2) is 58.4 Å². The van der Waals surface area contributed by atoms with Crippen molar-refractivity contribution in [3.05, 3.63) is 33.4 Å². The lowest BCUT2D eigenvalue weighted by Gasteiger charge is -2.39. The number of hydrogen-bond donors (Lipinski definition) is 0. The summed E-state index contributed by atoms with van der Waals surface area (Å²) in [5, 5.41) is 11.9. The van der Waals surface area contributed by atoms with Crippen molar-refractivity contribution in [2.75, 3.05) is 26.2 Å². The number of rotatable bonds is 4. The molecular weight excluding hydrogens is 409 g/mol. The van der Waals surface area contributed by atoms with E-state index >= 15 is 0 Å². The van der Waals surface area contributed by atoms with Gasteiger partial charge in [0.15, 0.2) is 5.17 Å². The zero-order valence-corrected chi connectivity index (χ0v) is 16.8. The maximum atomic E-state index is 13.2. The molecular formula is C18H21F3N4O3S. The molecule has 0 saturated carbocycles. The van der Waals surface area contributed by atoms with Gasteiger partial charge in [0.2, 0.25) is 0 Å². The first-order valence-corrected chi connectivity index (χ1v) is 10.1. The summed E-state index contributed by atoms with van der Waals surface area (Å²) in [6.45, 7) is 7.07. The molecule has 0 spiro atoms. The molecule has 2 aliphatic heterocycles. The van der Waals surface area contributed by atoms with Gasteiger partial charge in [-0.3, -0.25) is 15.0 Å². The fourth-order valence-corrected chi connectivity index (χ4v) is 4.63. The molecule has 2 atom stereocenters. The molecule has 0 N–H and O–H groups in total. The van der Waals surface area contributed by atoms with Gasteiger partial charge >= 0.3 is 6.18 Å². The number of alkyl halides is 3. The molecule has 11 heteroatoms. The monoisotopic (exact) mass is 430 g/mol. The molecule has 158 valence electrons. The van der Waals surface area contributed by atoms with E-state index in [9.17, 15) is 28.1 Å². The molecule has 0 bridgehead atoms. The summed E-state index contributed by atoms with van der Waals surface area (Å²) in [5.74, 6) is 0. The number of aliphatic imine (C=N–C) groups is 1. The highest BCUT2D eigenvalue weighted by Crippen LogP contribution is 2.45. The molecule has 1 aromatic carbocycles. The van der Waals surface area contributed by atoms with E-state index in [1.807, 2.05) is 4.90 Å². The van der Waals surface area contributed by atoms with E-state index < -0.39 is 28.4 Å². The normalized spacial score (nSPS) is 21.3. The van der Waals surface area contributed by atoms with Crippen molar-refractivity contribution in [1.29, 1.82) is 0 Å². The van der Waals surface area contributed by atoms with Crippen molar-refractivity contribution in [3.8, 4) is 0 Å². The largest absolute Gasteiger partial charge is 0.416 e. The molecule has 1 aromatic rings. The lowest BCUT2D eigenvalue weighted by atomic mass is 10.0. The summed E-state index contributed by atoms with van der Waals surface area (Å²) in [7, 11) is 0. The maximum absolute atomic E-state index is 13.2. The minimum absolute atomic E-state index is 0.0504. The smallest absolute Gasteiger partial charge is 0.349 e. The molecule has 2 unspecified atom stereocenters. The molecule has 0 amide bonds. The van der Waals surface area contributed by atoms with E-state index in [4.69, 9.17) is 0 Å². The standard InChI is InChI=1S/C18H21F3N4O3S/c1-3-11(2)23-4-6-24(7-5-23)17-22-14(10-26)13-8-12(18(19,20)21)9-15(25(27)28)16(13)29-17/h8-11,14H,3-7H2,1-2H3. The minimum atomic E-state index is -4.76. The van der Waals surface area contributed by atoms with Crippen LogP contribution in [0, 0.1) is 10.1 Å². The third kappa shape index (κ3) is 4.40. The summed E-state index contributed by atoms with van der Waals surface area (Å²) in [5.41, 5.74) is -1.89. The summed E-state index contributed by atoms with van der Waals surface area (Å²) < 4.78 is 39.5. The fourth-order valence-electron chi connectivity index (χ4n) is 3.43. The highest BCUT2D eigenvalue weighted by Gasteiger charge is 2.38. The maximum Gasteiger partial charge on any atom is 0.416 e. The Morgan fingerprint density at radius 2 is 2.00 bits per heavy atom. The first kappa shape index (κ1) is 21.6. The van der Waals surface area contributed by atoms with Crippen LogP contribution in [0.2, 0.25) is 0 Å². The van der Waals surface area contributed by atoms with E-state index in [1.165, 1.54) is 0 Å². The number of aldehydes is 1. The van der Waals surface area contributed by atoms with Crippen LogP contribution in [0.25, 0.3) is 0 Å². The molecule has 0 aliphatic carbocycles. The number of piperazine rings is 1. The Hall–Kier alpha value is -2.14. The minimum Gasteiger partial charge on any atom is -0.349 e. The topological polar surface area (TPSA) is 79.0 Å². The number of carbonyl (C=O) groups excluding carboxylic acids is 1. The number of halogens is 3. The molecule has 3 rings (SSSR count). The van der Waals surface area contributed by atoms with Gasteiger partial charge in [-0.2, -0.15) is 13.2 Å². The number of nitrogens with zero attached hydrogens (tertiary/aromatic N) is 4. The number of benzene rings is 1. The quantitative estimate of drug-likeness (QED) is 0.411. The van der Waals surface area contributed by atoms with Crippen molar-refractivity contribution >= 4 is 28.9 Å². The fraction of sp³-hybridized carbons (Fsp3) is 0.556. The molecule has 0 radical (unpaired) electrons. The summed E-state index contributed by atoms with van der Waals surface area (Å²) >= 11 is 0.962. The van der Waals surface area contributed by atoms with Crippen LogP contribution in [0.4, 0.5) is 18.9 Å². The predicted molar refractivity (Wildman–Crippen MR) is 103 cm³/mol. The van der Waals surface area contributed by atoms with Crippen LogP contribution < -0.4 is 0 Å². The Morgan fingerprint density at radius 1 is 1.34 bits per heavy atom. The van der Waals surface area contributed by atoms with Crippen LogP contribution >= 0.6 is 11.8 Å². The average molecular weight is 430 g/mol. The summed E-state index contributed by atoms with van der Waals surface area (Å²) in [6.07, 6.45) is -3.31. The van der Waals surface area contributed by atoms with E-state index in [1.54, 1.807) is 0 Å². The van der Waals surface area contributed by atoms with Crippen LogP contribution in [0.15, 0.2) is 22.0 Å². The average Bonchev–Trinajstić information content (AvgIpc) is 2.70. The van der Waals surface area contributed by atoms with Gasteiger partial charge in [0, 0.05) is 43.9 Å². The third-order valence-electron chi connectivity index (χ3n) is 5.31. The van der Waals surface area contributed by atoms with Crippen molar-refractivity contribution < 1.29 is 22.9 Å². The van der Waals surface area contributed by atoms with E-state index in [0.29, 0.717) is 36.7 Å². The molecule has 1 fully saturated rings. The second-order valence-electron chi connectivity index (χ2n) is 7.04. The molecule has 7 nitrogen and oxygen atoms in total. The first-order chi connectivity index (χ1) is 13.7. The van der Waals surface area contributed by atoms with E-state index in [0.717, 1.165) is 37.3 Å². The van der Waals surface area contributed by atoms with Crippen LogP contribution in [0.3, 0.4) is 0 Å². The predicted octanol–water partition coefficient (Wildman–Crippen LogP) is 3.73. The van der Waals surface area contributed by atoms with Gasteiger partial charge in [0.25, 0.3) is 5.69 Å². The van der Waals surface area contributed by atoms with E-state index in [2.05, 4.69) is 23.7 Å². The Balaban J connectivity index is 1.93. The van der Waals surface area contributed by atoms with Gasteiger partial charge < -0.3 is 9.69 Å². The number of hydrogen-bond acceptors (Lipinski definition) is 7. The third-order valence-corrected chi connectivity index (χ3v) is 6.51. The Morgan fingerprint density at radius 3 is 2.52 bits per heavy atom. The van der Waals surface area contributed by atoms with Crippen LogP contribution in [-0.2, 0) is 11.0 Å². The number of nitro benzene ring substituents is 1. The number of thioether (sulfide) groups is 1. The summed E-state index contributed by atoms with van der Waals surface area (Å²) in [4.78, 5) is 30.8. The number of amidine groups is 1. The highest BCUT2D eigenvalue weighted by molar-refractivity contribution is 8.14. The molecule has 2 heterocycles. The van der Waals surface area contributed by atoms with Gasteiger partial charge in [-0.1, -0.05) is 6.92 Å². The number of fused-ring (bicyclic) bond motifs is 1. The number of carbonyl (C=O) groups is 1. The molecule has 2 aliphatic rings. The Kier molecular flexibility index (Phi) is 6.18. The van der Waals surface area contributed by atoms with Crippen LogP contribution in [0.5, 0.6) is 0 Å². The lowest BCUT2D eigenvalue weighted by molar-refractivity contribution is -0.388. The van der Waals surface area contributed by atoms with Crippen molar-refractivity contribution in [3.63, 3.8) is 0 Å². The highest BCUT2D eigenvalue weighted by atomic mass is 32.2. The van der Waals surface area contributed by atoms with Gasteiger partial charge in [-0.05, 0) is 31.2 Å². The van der Waals surface area contributed by atoms with Gasteiger partial charge in [-0.15, -0.1) is 0 Å². The molecule has 0 aromatic heterocycles.